The zero-order chi connectivity index (χ0) is 9.10. The minimum Gasteiger partial charge on any atom is -0.390 e. The normalized spacial score (nSPS) is 31.0. The van der Waals surface area contributed by atoms with E-state index in [2.05, 4.69) is 18.2 Å². The predicted molar refractivity (Wildman–Crippen MR) is 50.7 cm³/mol. The van der Waals surface area contributed by atoms with Crippen molar-refractivity contribution in [3.8, 4) is 0 Å². The van der Waals surface area contributed by atoms with E-state index in [0.717, 1.165) is 31.6 Å². The lowest BCUT2D eigenvalue weighted by atomic mass is 10.3. The Kier molecular flexibility index (Phi) is 2.64. The van der Waals surface area contributed by atoms with Gasteiger partial charge in [-0.3, -0.25) is 0 Å². The molecule has 13 heavy (non-hydrogen) atoms. The van der Waals surface area contributed by atoms with Crippen molar-refractivity contribution in [2.45, 2.75) is 32.3 Å². The van der Waals surface area contributed by atoms with Gasteiger partial charge in [0.05, 0.1) is 18.9 Å². The van der Waals surface area contributed by atoms with E-state index in [1.807, 2.05) is 0 Å². The van der Waals surface area contributed by atoms with Crippen LogP contribution in [0.4, 0.5) is 0 Å². The maximum Gasteiger partial charge on any atom is 0.152 e. The van der Waals surface area contributed by atoms with Gasteiger partial charge < -0.3 is 9.57 Å². The standard InChI is InChI=1S/C10H15NO2/c1-8-2-3-9(6-8)11-13-10-4-5-12-7-10/h6,10H,2-5,7H2,1H3/b11-9+. The zero-order valence-electron chi connectivity index (χ0n) is 7.95. The molecule has 0 aromatic rings. The number of nitrogens with zero attached hydrogens (tertiary/aromatic N) is 1. The molecule has 0 amide bonds. The van der Waals surface area contributed by atoms with Crippen LogP contribution in [0, 0.1) is 0 Å². The molecule has 0 saturated carbocycles. The molecule has 1 aliphatic carbocycles. The largest absolute Gasteiger partial charge is 0.390 e. The lowest BCUT2D eigenvalue weighted by molar-refractivity contribution is 0.0474. The van der Waals surface area contributed by atoms with E-state index in [9.17, 15) is 0 Å². The van der Waals surface area contributed by atoms with E-state index in [4.69, 9.17) is 9.57 Å². The van der Waals surface area contributed by atoms with Gasteiger partial charge in [0, 0.05) is 6.42 Å². The van der Waals surface area contributed by atoms with Gasteiger partial charge in [0.15, 0.2) is 6.10 Å². The van der Waals surface area contributed by atoms with Gasteiger partial charge in [0.1, 0.15) is 0 Å². The Morgan fingerprint density at radius 1 is 1.54 bits per heavy atom. The molecule has 1 aliphatic heterocycles. The van der Waals surface area contributed by atoms with Gasteiger partial charge in [-0.05, 0) is 25.8 Å². The molecule has 1 saturated heterocycles. The molecule has 0 N–H and O–H groups in total. The molecule has 1 unspecified atom stereocenters. The lowest BCUT2D eigenvalue weighted by Crippen LogP contribution is -2.09. The van der Waals surface area contributed by atoms with Crippen LogP contribution in [0.15, 0.2) is 16.8 Å². The maximum absolute atomic E-state index is 5.35. The summed E-state index contributed by atoms with van der Waals surface area (Å²) in [6, 6.07) is 0. The van der Waals surface area contributed by atoms with Crippen molar-refractivity contribution in [1.82, 2.24) is 0 Å². The summed E-state index contributed by atoms with van der Waals surface area (Å²) < 4.78 is 5.18. The van der Waals surface area contributed by atoms with Gasteiger partial charge in [-0.25, -0.2) is 0 Å². The van der Waals surface area contributed by atoms with E-state index in [-0.39, 0.29) is 6.10 Å². The molecule has 1 atom stereocenters. The van der Waals surface area contributed by atoms with Gasteiger partial charge in [-0.15, -0.1) is 0 Å². The Bertz CT molecular complexity index is 239. The van der Waals surface area contributed by atoms with Crippen LogP contribution < -0.4 is 0 Å². The van der Waals surface area contributed by atoms with Crippen LogP contribution in [0.3, 0.4) is 0 Å². The Morgan fingerprint density at radius 2 is 2.46 bits per heavy atom. The number of oxime groups is 1. The van der Waals surface area contributed by atoms with Crippen LogP contribution in [0.25, 0.3) is 0 Å². The van der Waals surface area contributed by atoms with E-state index < -0.39 is 0 Å². The van der Waals surface area contributed by atoms with Crippen molar-refractivity contribution >= 4 is 5.71 Å². The third kappa shape index (κ3) is 2.31. The Morgan fingerprint density at radius 3 is 3.08 bits per heavy atom. The van der Waals surface area contributed by atoms with Crippen molar-refractivity contribution in [2.24, 2.45) is 5.16 Å². The fourth-order valence-corrected chi connectivity index (χ4v) is 1.56. The average molecular weight is 181 g/mol. The predicted octanol–water partition coefficient (Wildman–Crippen LogP) is 1.89. The van der Waals surface area contributed by atoms with Crippen LogP contribution in [0.2, 0.25) is 0 Å². The van der Waals surface area contributed by atoms with Crippen LogP contribution in [0.1, 0.15) is 26.2 Å². The first kappa shape index (κ1) is 8.75. The molecule has 0 aromatic heterocycles. The van der Waals surface area contributed by atoms with Crippen molar-refractivity contribution < 1.29 is 9.57 Å². The van der Waals surface area contributed by atoms with Crippen LogP contribution in [-0.2, 0) is 9.57 Å². The van der Waals surface area contributed by atoms with Crippen LogP contribution >= 0.6 is 0 Å². The molecule has 3 nitrogen and oxygen atoms in total. The second kappa shape index (κ2) is 3.92. The van der Waals surface area contributed by atoms with Crippen molar-refractivity contribution in [3.63, 3.8) is 0 Å². The number of allylic oxidation sites excluding steroid dienone is 2. The summed E-state index contributed by atoms with van der Waals surface area (Å²) >= 11 is 0. The molecule has 72 valence electrons. The molecule has 0 spiro atoms. The molecule has 3 heteroatoms. The van der Waals surface area contributed by atoms with E-state index >= 15 is 0 Å². The molecule has 0 aromatic carbocycles. The highest BCUT2D eigenvalue weighted by Gasteiger charge is 2.17. The summed E-state index contributed by atoms with van der Waals surface area (Å²) in [6.07, 6.45) is 5.42. The summed E-state index contributed by atoms with van der Waals surface area (Å²) in [5.74, 6) is 0. The number of ether oxygens (including phenoxy) is 1. The summed E-state index contributed by atoms with van der Waals surface area (Å²) in [5.41, 5.74) is 2.47. The minimum absolute atomic E-state index is 0.182. The summed E-state index contributed by atoms with van der Waals surface area (Å²) in [7, 11) is 0. The second-order valence-electron chi connectivity index (χ2n) is 3.66. The third-order valence-corrected chi connectivity index (χ3v) is 2.40. The first-order valence-electron chi connectivity index (χ1n) is 4.82. The van der Waals surface area contributed by atoms with Crippen LogP contribution in [-0.4, -0.2) is 25.0 Å². The van der Waals surface area contributed by atoms with Gasteiger partial charge in [0.25, 0.3) is 0 Å². The number of hydrogen-bond acceptors (Lipinski definition) is 3. The average Bonchev–Trinajstić information content (AvgIpc) is 2.71. The molecule has 0 radical (unpaired) electrons. The first-order valence-corrected chi connectivity index (χ1v) is 4.82. The Balaban J connectivity index is 1.83. The lowest BCUT2D eigenvalue weighted by Gasteiger charge is -2.04. The highest BCUT2D eigenvalue weighted by Crippen LogP contribution is 2.16. The fraction of sp³-hybridized carbons (Fsp3) is 0.700. The van der Waals surface area contributed by atoms with Gasteiger partial charge in [0.2, 0.25) is 0 Å². The fourth-order valence-electron chi connectivity index (χ4n) is 1.56. The van der Waals surface area contributed by atoms with Crippen LogP contribution in [0.5, 0.6) is 0 Å². The molecule has 2 rings (SSSR count). The van der Waals surface area contributed by atoms with Crippen molar-refractivity contribution in [3.05, 3.63) is 11.6 Å². The molecule has 1 fully saturated rings. The van der Waals surface area contributed by atoms with Crippen molar-refractivity contribution in [1.29, 1.82) is 0 Å². The Hall–Kier alpha value is -0.830. The SMILES string of the molecule is CC1=C/C(=N/OC2CCOC2)CC1. The zero-order valence-corrected chi connectivity index (χ0v) is 7.95. The Labute approximate surface area is 78.4 Å². The molecular weight excluding hydrogens is 166 g/mol. The monoisotopic (exact) mass is 181 g/mol. The molecule has 1 heterocycles. The van der Waals surface area contributed by atoms with Gasteiger partial charge in [-0.1, -0.05) is 10.7 Å². The van der Waals surface area contributed by atoms with E-state index in [0.29, 0.717) is 6.61 Å². The van der Waals surface area contributed by atoms with Gasteiger partial charge >= 0.3 is 0 Å². The highest BCUT2D eigenvalue weighted by atomic mass is 16.7. The quantitative estimate of drug-likeness (QED) is 0.609. The first-order chi connectivity index (χ1) is 6.34. The van der Waals surface area contributed by atoms with Crippen molar-refractivity contribution in [2.75, 3.05) is 13.2 Å². The topological polar surface area (TPSA) is 30.8 Å². The van der Waals surface area contributed by atoms with E-state index in [1.54, 1.807) is 0 Å². The highest BCUT2D eigenvalue weighted by molar-refractivity contribution is 5.97. The molecule has 2 aliphatic rings. The summed E-state index contributed by atoms with van der Waals surface area (Å²) in [4.78, 5) is 5.35. The van der Waals surface area contributed by atoms with Gasteiger partial charge in [-0.2, -0.15) is 0 Å². The maximum atomic E-state index is 5.35. The summed E-state index contributed by atoms with van der Waals surface area (Å²) in [5, 5.41) is 4.12. The summed E-state index contributed by atoms with van der Waals surface area (Å²) in [6.45, 7) is 3.63. The molecule has 0 bridgehead atoms. The third-order valence-electron chi connectivity index (χ3n) is 2.40. The van der Waals surface area contributed by atoms with E-state index in [1.165, 1.54) is 5.57 Å². The number of hydrogen-bond donors (Lipinski definition) is 0. The second-order valence-corrected chi connectivity index (χ2v) is 3.66. The number of rotatable bonds is 2. The smallest absolute Gasteiger partial charge is 0.152 e. The minimum atomic E-state index is 0.182. The molecular formula is C10H15NO2.